The molecule has 3 aliphatic carbocycles. The molecule has 8 rings (SSSR count). The van der Waals surface area contributed by atoms with Gasteiger partial charge < -0.3 is 64.4 Å². The Morgan fingerprint density at radius 2 is 1.43 bits per heavy atom. The van der Waals surface area contributed by atoms with E-state index in [-0.39, 0.29) is 35.3 Å². The molecule has 2 saturated heterocycles. The Hall–Kier alpha value is -5.41. The topological polar surface area (TPSA) is 274 Å². The van der Waals surface area contributed by atoms with E-state index in [0.717, 1.165) is 6.92 Å². The number of ketones is 1. The van der Waals surface area contributed by atoms with E-state index in [9.17, 15) is 49.8 Å². The zero-order valence-corrected chi connectivity index (χ0v) is 38.1. The molecule has 4 fully saturated rings. The molecule has 7 N–H and O–H groups in total. The number of fused-ring (bicyclic) bond motifs is 5. The van der Waals surface area contributed by atoms with Gasteiger partial charge in [0, 0.05) is 30.7 Å². The van der Waals surface area contributed by atoms with Crippen LogP contribution in [0.3, 0.4) is 0 Å². The summed E-state index contributed by atoms with van der Waals surface area (Å²) in [7, 11) is 0. The van der Waals surface area contributed by atoms with Crippen LogP contribution in [0.2, 0.25) is 0 Å². The molecule has 2 saturated carbocycles. The second-order valence-corrected chi connectivity index (χ2v) is 19.1. The predicted octanol–water partition coefficient (Wildman–Crippen LogP) is 1.63. The highest BCUT2D eigenvalue weighted by atomic mass is 16.7. The smallest absolute Gasteiger partial charge is 0.338 e. The van der Waals surface area contributed by atoms with E-state index in [1.165, 1.54) is 39.8 Å². The minimum Gasteiger partial charge on any atom is -0.456 e. The summed E-state index contributed by atoms with van der Waals surface area (Å²) in [5, 5.41) is 72.9. The number of esters is 3. The van der Waals surface area contributed by atoms with Gasteiger partial charge in [0.05, 0.1) is 42.3 Å². The molecule has 3 aromatic carbocycles. The molecule has 2 aliphatic heterocycles. The first-order valence-electron chi connectivity index (χ1n) is 22.5. The van der Waals surface area contributed by atoms with Gasteiger partial charge in [0.1, 0.15) is 48.3 Å². The van der Waals surface area contributed by atoms with Crippen molar-refractivity contribution in [3.8, 4) is 0 Å². The number of Topliss-reactive ketones (excluding diaryl/α,β-unsaturated/α-hetero) is 1. The maximum Gasteiger partial charge on any atom is 0.338 e. The van der Waals surface area contributed by atoms with Gasteiger partial charge in [0.15, 0.2) is 23.8 Å². The van der Waals surface area contributed by atoms with Crippen LogP contribution < -0.4 is 5.32 Å². The lowest BCUT2D eigenvalue weighted by atomic mass is 9.44. The molecule has 18 heteroatoms. The molecule has 2 heterocycles. The van der Waals surface area contributed by atoms with E-state index in [1.807, 2.05) is 0 Å². The zero-order chi connectivity index (χ0) is 49.1. The fourth-order valence-electron chi connectivity index (χ4n) is 11.2. The number of benzene rings is 3. The maximum atomic E-state index is 15.7. The summed E-state index contributed by atoms with van der Waals surface area (Å²) in [4.78, 5) is 71.3. The summed E-state index contributed by atoms with van der Waals surface area (Å²) >= 11 is 0. The largest absolute Gasteiger partial charge is 0.456 e. The standard InChI is InChI=1S/C50H57NO17/c1-25-31(65-45(61)38(56)35(27-15-9-6-10-16-27)51-43(59)28-17-11-7-12-18-28)22-50(62)42(67-44(60)29-19-13-8-14-20-29)40-48(5,41(58)37(55)34(25)47(50,3)4)32(21-33-49(40,24-64-33)68-26(2)52)66-46-39(57)36(54)30(53)23-63-46/h6-20,30-33,35-40,42,46,53-57,62H,21-24H2,1-5H3,(H,51,59)/t30-,31-,32-,33+,35-,36+,37+,38+,39-,40-,42-,46+,48+,49-,50+/m0/s1. The van der Waals surface area contributed by atoms with Gasteiger partial charge in [-0.05, 0) is 54.8 Å². The molecule has 1 amide bonds. The number of carbonyl (C=O) groups is 5. The lowest BCUT2D eigenvalue weighted by Gasteiger charge is -2.68. The molecule has 18 nitrogen and oxygen atoms in total. The molecule has 3 aromatic rings. The molecular weight excluding hydrogens is 887 g/mol. The van der Waals surface area contributed by atoms with Gasteiger partial charge in [-0.3, -0.25) is 14.4 Å². The lowest BCUT2D eigenvalue weighted by molar-refractivity contribution is -0.366. The van der Waals surface area contributed by atoms with Crippen molar-refractivity contribution >= 4 is 29.6 Å². The monoisotopic (exact) mass is 943 g/mol. The summed E-state index contributed by atoms with van der Waals surface area (Å²) in [6.07, 6.45) is -17.8. The van der Waals surface area contributed by atoms with Gasteiger partial charge in [-0.1, -0.05) is 80.6 Å². The minimum absolute atomic E-state index is 0.0280. The first-order chi connectivity index (χ1) is 32.2. The lowest BCUT2D eigenvalue weighted by Crippen LogP contribution is -2.82. The van der Waals surface area contributed by atoms with Crippen LogP contribution in [0, 0.1) is 16.7 Å². The van der Waals surface area contributed by atoms with Crippen LogP contribution in [0.5, 0.6) is 0 Å². The van der Waals surface area contributed by atoms with Gasteiger partial charge >= 0.3 is 17.9 Å². The predicted molar refractivity (Wildman–Crippen MR) is 235 cm³/mol. The second-order valence-electron chi connectivity index (χ2n) is 19.1. The van der Waals surface area contributed by atoms with Crippen LogP contribution in [0.4, 0.5) is 0 Å². The first-order valence-corrected chi connectivity index (χ1v) is 22.5. The Labute approximate surface area is 391 Å². The van der Waals surface area contributed by atoms with Gasteiger partial charge in [-0.2, -0.15) is 0 Å². The van der Waals surface area contributed by atoms with Crippen molar-refractivity contribution in [1.29, 1.82) is 0 Å². The molecule has 0 aromatic heterocycles. The summed E-state index contributed by atoms with van der Waals surface area (Å²) in [5.74, 6) is -6.29. The van der Waals surface area contributed by atoms with Crippen LogP contribution in [0.1, 0.15) is 79.8 Å². The highest BCUT2D eigenvalue weighted by molar-refractivity contribution is 5.95. The van der Waals surface area contributed by atoms with Crippen LogP contribution in [-0.2, 0) is 42.8 Å². The molecule has 2 bridgehead atoms. The maximum absolute atomic E-state index is 15.7. The van der Waals surface area contributed by atoms with Gasteiger partial charge in [0.2, 0.25) is 0 Å². The number of nitrogens with one attached hydrogen (secondary N) is 1. The van der Waals surface area contributed by atoms with E-state index in [4.69, 9.17) is 28.4 Å². The van der Waals surface area contributed by atoms with E-state index in [2.05, 4.69) is 5.32 Å². The van der Waals surface area contributed by atoms with Crippen molar-refractivity contribution in [2.75, 3.05) is 13.2 Å². The Morgan fingerprint density at radius 1 is 0.824 bits per heavy atom. The van der Waals surface area contributed by atoms with E-state index in [0.29, 0.717) is 5.56 Å². The fraction of sp³-hybridized carbons (Fsp3) is 0.500. The third-order valence-electron chi connectivity index (χ3n) is 14.9. The van der Waals surface area contributed by atoms with Crippen molar-refractivity contribution in [1.82, 2.24) is 5.32 Å². The quantitative estimate of drug-likeness (QED) is 0.0818. The summed E-state index contributed by atoms with van der Waals surface area (Å²) in [6.45, 7) is 6.21. The first kappa shape index (κ1) is 49.0. The Kier molecular flexibility index (Phi) is 13.3. The molecule has 5 aliphatic rings. The van der Waals surface area contributed by atoms with E-state index in [1.54, 1.807) is 78.9 Å². The van der Waals surface area contributed by atoms with Crippen molar-refractivity contribution in [3.05, 3.63) is 119 Å². The highest BCUT2D eigenvalue weighted by Crippen LogP contribution is 2.65. The third kappa shape index (κ3) is 8.14. The van der Waals surface area contributed by atoms with Crippen molar-refractivity contribution < 1.29 is 83.0 Å². The Bertz CT molecular complexity index is 2430. The van der Waals surface area contributed by atoms with Crippen LogP contribution >= 0.6 is 0 Å². The molecule has 0 unspecified atom stereocenters. The van der Waals surface area contributed by atoms with E-state index < -0.39 is 138 Å². The Balaban J connectivity index is 1.26. The third-order valence-corrected chi connectivity index (χ3v) is 14.9. The SMILES string of the molecule is CC(=O)O[C@@]12CO[C@@H]1C[C@H](O[C@H]1OC[C@H](O)[C@@H](O)[C@@H]1O)[C@@]1(C)C(=O)[C@H](O)C3=C(C)[C@@H](OC(=O)[C@H](O)[C@@H](NC(=O)c4ccccc4)c4ccccc4)C[C@@](O)([C@@H](OC(=O)c4ccccc4)[C@H]21)C3(C)C. The molecule has 68 heavy (non-hydrogen) atoms. The van der Waals surface area contributed by atoms with Crippen molar-refractivity contribution in [2.24, 2.45) is 16.7 Å². The number of ether oxygens (including phenoxy) is 6. The minimum atomic E-state index is -2.47. The molecule has 15 atom stereocenters. The fourth-order valence-corrected chi connectivity index (χ4v) is 11.2. The molecular formula is C50H57NO17. The van der Waals surface area contributed by atoms with E-state index >= 15 is 4.79 Å². The molecule has 0 radical (unpaired) electrons. The van der Waals surface area contributed by atoms with Gasteiger partial charge in [-0.25, -0.2) is 9.59 Å². The van der Waals surface area contributed by atoms with Crippen LogP contribution in [0.25, 0.3) is 0 Å². The number of aliphatic hydroxyl groups excluding tert-OH is 5. The molecule has 364 valence electrons. The summed E-state index contributed by atoms with van der Waals surface area (Å²) < 4.78 is 36.8. The highest BCUT2D eigenvalue weighted by Gasteiger charge is 2.78. The zero-order valence-electron chi connectivity index (χ0n) is 38.1. The van der Waals surface area contributed by atoms with Crippen molar-refractivity contribution in [2.45, 2.75) is 126 Å². The number of hydrogen-bond acceptors (Lipinski definition) is 17. The normalized spacial score (nSPS) is 36.0. The van der Waals surface area contributed by atoms with Gasteiger partial charge in [-0.15, -0.1) is 0 Å². The average molecular weight is 944 g/mol. The number of carbonyl (C=O) groups excluding carboxylic acids is 5. The number of hydrogen-bond donors (Lipinski definition) is 7. The number of rotatable bonds is 11. The van der Waals surface area contributed by atoms with Crippen LogP contribution in [-0.4, -0.2) is 146 Å². The van der Waals surface area contributed by atoms with Crippen LogP contribution in [0.15, 0.2) is 102 Å². The summed E-state index contributed by atoms with van der Waals surface area (Å²) in [6, 6.07) is 22.7. The number of amides is 1. The number of aliphatic hydroxyl groups is 6. The Morgan fingerprint density at radius 3 is 2.01 bits per heavy atom. The molecule has 0 spiro atoms. The second kappa shape index (κ2) is 18.5. The van der Waals surface area contributed by atoms with Crippen molar-refractivity contribution in [3.63, 3.8) is 0 Å². The summed E-state index contributed by atoms with van der Waals surface area (Å²) in [5.41, 5.74) is -7.60. The average Bonchev–Trinajstić information content (AvgIpc) is 3.31. The van der Waals surface area contributed by atoms with Gasteiger partial charge in [0.25, 0.3) is 5.91 Å².